The van der Waals surface area contributed by atoms with Gasteiger partial charge in [0.2, 0.25) is 5.91 Å². The molecule has 4 N–H and O–H groups in total. The molecule has 5 heteroatoms. The summed E-state index contributed by atoms with van der Waals surface area (Å²) < 4.78 is 0. The second kappa shape index (κ2) is 7.28. The van der Waals surface area contributed by atoms with Gasteiger partial charge in [-0.25, -0.2) is 0 Å². The molecular weight excluding hydrogens is 280 g/mol. The molecule has 22 heavy (non-hydrogen) atoms. The molecule has 0 unspecified atom stereocenters. The summed E-state index contributed by atoms with van der Waals surface area (Å²) in [5.74, 6) is 0.358. The molecule has 5 nitrogen and oxygen atoms in total. The molecule has 0 radical (unpaired) electrons. The highest BCUT2D eigenvalue weighted by molar-refractivity contribution is 5.76. The largest absolute Gasteiger partial charge is 0.396 e. The van der Waals surface area contributed by atoms with E-state index in [4.69, 9.17) is 5.11 Å². The third-order valence-electron chi connectivity index (χ3n) is 4.29. The minimum Gasteiger partial charge on any atom is -0.396 e. The average molecular weight is 314 g/mol. The first-order valence-electron chi connectivity index (χ1n) is 8.34. The van der Waals surface area contributed by atoms with Crippen LogP contribution in [0.3, 0.4) is 0 Å². The first-order valence-corrected chi connectivity index (χ1v) is 8.34. The molecule has 1 saturated heterocycles. The number of hydrogen-bond acceptors (Lipinski definition) is 4. The van der Waals surface area contributed by atoms with Crippen molar-refractivity contribution in [1.29, 1.82) is 0 Å². The molecule has 1 aliphatic rings. The van der Waals surface area contributed by atoms with E-state index < -0.39 is 5.60 Å². The smallest absolute Gasteiger partial charge is 0.220 e. The lowest BCUT2D eigenvalue weighted by molar-refractivity contribution is -0.123. The van der Waals surface area contributed by atoms with Crippen molar-refractivity contribution < 1.29 is 15.0 Å². The summed E-state index contributed by atoms with van der Waals surface area (Å²) in [6.45, 7) is 10.7. The molecule has 0 aromatic carbocycles. The highest BCUT2D eigenvalue weighted by Gasteiger charge is 2.38. The number of rotatable bonds is 7. The van der Waals surface area contributed by atoms with Crippen LogP contribution in [0.5, 0.6) is 0 Å². The Morgan fingerprint density at radius 2 is 1.82 bits per heavy atom. The van der Waals surface area contributed by atoms with Gasteiger partial charge in [-0.1, -0.05) is 0 Å². The van der Waals surface area contributed by atoms with Gasteiger partial charge in [-0.2, -0.15) is 0 Å². The van der Waals surface area contributed by atoms with E-state index in [0.29, 0.717) is 25.2 Å². The molecule has 1 heterocycles. The van der Waals surface area contributed by atoms with E-state index in [-0.39, 0.29) is 30.1 Å². The van der Waals surface area contributed by atoms with Gasteiger partial charge < -0.3 is 20.8 Å². The summed E-state index contributed by atoms with van der Waals surface area (Å²) in [7, 11) is 0. The van der Waals surface area contributed by atoms with Crippen LogP contribution in [0.2, 0.25) is 0 Å². The molecule has 0 saturated carbocycles. The van der Waals surface area contributed by atoms with Crippen LogP contribution in [-0.4, -0.2) is 46.0 Å². The third kappa shape index (κ3) is 7.07. The Hall–Kier alpha value is -0.650. The van der Waals surface area contributed by atoms with Gasteiger partial charge in [0.1, 0.15) is 0 Å². The summed E-state index contributed by atoms with van der Waals surface area (Å²) in [5, 5.41) is 25.4. The summed E-state index contributed by atoms with van der Waals surface area (Å²) >= 11 is 0. The fraction of sp³-hybridized carbons (Fsp3) is 0.941. The van der Waals surface area contributed by atoms with E-state index in [9.17, 15) is 9.90 Å². The van der Waals surface area contributed by atoms with E-state index in [1.54, 1.807) is 6.92 Å². The fourth-order valence-electron chi connectivity index (χ4n) is 3.85. The van der Waals surface area contributed by atoms with Gasteiger partial charge in [-0.15, -0.1) is 0 Å². The van der Waals surface area contributed by atoms with Gasteiger partial charge in [0, 0.05) is 30.7 Å². The maximum absolute atomic E-state index is 12.2. The Kier molecular flexibility index (Phi) is 6.42. The van der Waals surface area contributed by atoms with Gasteiger partial charge >= 0.3 is 0 Å². The van der Waals surface area contributed by atoms with Crippen LogP contribution in [-0.2, 0) is 4.79 Å². The predicted molar refractivity (Wildman–Crippen MR) is 88.6 cm³/mol. The lowest BCUT2D eigenvalue weighted by Crippen LogP contribution is -2.58. The van der Waals surface area contributed by atoms with Crippen LogP contribution in [0, 0.1) is 5.92 Å². The lowest BCUT2D eigenvalue weighted by atomic mass is 9.74. The van der Waals surface area contributed by atoms with Crippen molar-refractivity contribution in [3.05, 3.63) is 0 Å². The summed E-state index contributed by atoms with van der Waals surface area (Å²) in [6, 6.07) is 0. The van der Waals surface area contributed by atoms with E-state index >= 15 is 0 Å². The third-order valence-corrected chi connectivity index (χ3v) is 4.29. The Bertz CT molecular complexity index is 362. The van der Waals surface area contributed by atoms with Crippen LogP contribution in [0.1, 0.15) is 66.7 Å². The van der Waals surface area contributed by atoms with Crippen LogP contribution < -0.4 is 10.6 Å². The number of carbonyl (C=O) groups excluding carboxylic acids is 1. The zero-order valence-corrected chi connectivity index (χ0v) is 14.8. The molecule has 0 aliphatic carbocycles. The number of carbonyl (C=O) groups is 1. The zero-order chi connectivity index (χ0) is 17.0. The zero-order valence-electron chi connectivity index (χ0n) is 14.8. The topological polar surface area (TPSA) is 81.6 Å². The molecule has 1 atom stereocenters. The van der Waals surface area contributed by atoms with Gasteiger partial charge in [0.05, 0.1) is 5.60 Å². The first kappa shape index (κ1) is 19.4. The molecular formula is C17H34N2O3. The summed E-state index contributed by atoms with van der Waals surface area (Å²) in [6.07, 6.45) is 3.48. The SMILES string of the molecule is CC1(C)CC(CC(=O)NC[C@@](C)(O)CCCO)CC(C)(C)N1. The number of hydrogen-bond donors (Lipinski definition) is 4. The highest BCUT2D eigenvalue weighted by Crippen LogP contribution is 2.34. The van der Waals surface area contributed by atoms with Crippen molar-refractivity contribution in [2.24, 2.45) is 5.92 Å². The molecule has 1 fully saturated rings. The quantitative estimate of drug-likeness (QED) is 0.575. The van der Waals surface area contributed by atoms with Crippen molar-refractivity contribution in [3.8, 4) is 0 Å². The second-order valence-corrected chi connectivity index (χ2v) is 8.47. The summed E-state index contributed by atoms with van der Waals surface area (Å²) in [5.41, 5.74) is -0.871. The summed E-state index contributed by atoms with van der Waals surface area (Å²) in [4.78, 5) is 12.2. The molecule has 0 aromatic rings. The molecule has 0 spiro atoms. The van der Waals surface area contributed by atoms with Gasteiger partial charge in [-0.05, 0) is 66.2 Å². The monoisotopic (exact) mass is 314 g/mol. The number of aliphatic hydroxyl groups is 2. The maximum atomic E-state index is 12.2. The number of piperidine rings is 1. The molecule has 0 bridgehead atoms. The van der Waals surface area contributed by atoms with Crippen molar-refractivity contribution >= 4 is 5.91 Å². The molecule has 130 valence electrons. The van der Waals surface area contributed by atoms with Crippen molar-refractivity contribution in [2.75, 3.05) is 13.2 Å². The fourth-order valence-corrected chi connectivity index (χ4v) is 3.85. The van der Waals surface area contributed by atoms with Crippen molar-refractivity contribution in [2.45, 2.75) is 83.4 Å². The van der Waals surface area contributed by atoms with Crippen LogP contribution in [0.25, 0.3) is 0 Å². The Labute approximate surface area is 134 Å². The molecule has 1 amide bonds. The second-order valence-electron chi connectivity index (χ2n) is 8.47. The maximum Gasteiger partial charge on any atom is 0.220 e. The van der Waals surface area contributed by atoms with E-state index in [0.717, 1.165) is 12.8 Å². The van der Waals surface area contributed by atoms with Crippen LogP contribution in [0.15, 0.2) is 0 Å². The van der Waals surface area contributed by atoms with Crippen molar-refractivity contribution in [1.82, 2.24) is 10.6 Å². The normalized spacial score (nSPS) is 23.8. The number of nitrogens with one attached hydrogen (secondary N) is 2. The lowest BCUT2D eigenvalue weighted by Gasteiger charge is -2.46. The van der Waals surface area contributed by atoms with Gasteiger partial charge in [-0.3, -0.25) is 4.79 Å². The molecule has 1 aliphatic heterocycles. The van der Waals surface area contributed by atoms with Gasteiger partial charge in [0.25, 0.3) is 0 Å². The standard InChI is InChI=1S/C17H34N2O3/c1-15(2)10-13(11-16(3,4)19-15)9-14(21)18-12-17(5,22)7-6-8-20/h13,19-20,22H,6-12H2,1-5H3,(H,18,21)/t17-/m0/s1. The van der Waals surface area contributed by atoms with E-state index in [1.807, 2.05) is 0 Å². The average Bonchev–Trinajstić information content (AvgIpc) is 2.30. The Balaban J connectivity index is 2.44. The minimum absolute atomic E-state index is 0.00257. The predicted octanol–water partition coefficient (Wildman–Crippen LogP) is 1.57. The highest BCUT2D eigenvalue weighted by atomic mass is 16.3. The van der Waals surface area contributed by atoms with E-state index in [1.165, 1.54) is 0 Å². The minimum atomic E-state index is -0.953. The Morgan fingerprint density at radius 1 is 1.27 bits per heavy atom. The van der Waals surface area contributed by atoms with Crippen molar-refractivity contribution in [3.63, 3.8) is 0 Å². The van der Waals surface area contributed by atoms with Crippen LogP contribution in [0.4, 0.5) is 0 Å². The van der Waals surface area contributed by atoms with Gasteiger partial charge in [0.15, 0.2) is 0 Å². The molecule has 1 rings (SSSR count). The van der Waals surface area contributed by atoms with Crippen LogP contribution >= 0.6 is 0 Å². The Morgan fingerprint density at radius 3 is 2.32 bits per heavy atom. The molecule has 0 aromatic heterocycles. The number of aliphatic hydroxyl groups excluding tert-OH is 1. The number of amides is 1. The first-order chi connectivity index (χ1) is 9.95. The van der Waals surface area contributed by atoms with E-state index in [2.05, 4.69) is 38.3 Å².